The van der Waals surface area contributed by atoms with Gasteiger partial charge in [-0.1, -0.05) is 6.92 Å². The SMILES string of the molecule is COc1cc(NC(=O)C(C)C2CNC2)c(C(=O)N2CCCC2)cc1OC.Cl. The van der Waals surface area contributed by atoms with Gasteiger partial charge in [0.15, 0.2) is 11.5 Å². The molecule has 0 saturated carbocycles. The molecule has 2 aliphatic rings. The quantitative estimate of drug-likeness (QED) is 0.768. The van der Waals surface area contributed by atoms with Crippen molar-refractivity contribution in [1.82, 2.24) is 10.2 Å². The number of anilines is 1. The Labute approximate surface area is 166 Å². The highest BCUT2D eigenvalue weighted by Gasteiger charge is 2.30. The molecular formula is C19H28ClN3O4. The number of carbonyl (C=O) groups is 2. The first-order valence-electron chi connectivity index (χ1n) is 9.12. The fourth-order valence-corrected chi connectivity index (χ4v) is 3.38. The molecule has 1 atom stereocenters. The second-order valence-electron chi connectivity index (χ2n) is 6.95. The van der Waals surface area contributed by atoms with Crippen LogP contribution in [0.2, 0.25) is 0 Å². The first-order chi connectivity index (χ1) is 12.5. The van der Waals surface area contributed by atoms with Gasteiger partial charge in [0.25, 0.3) is 5.91 Å². The van der Waals surface area contributed by atoms with E-state index in [4.69, 9.17) is 9.47 Å². The number of carbonyl (C=O) groups excluding carboxylic acids is 2. The van der Waals surface area contributed by atoms with Crippen molar-refractivity contribution in [3.05, 3.63) is 17.7 Å². The largest absolute Gasteiger partial charge is 0.493 e. The zero-order chi connectivity index (χ0) is 18.7. The van der Waals surface area contributed by atoms with E-state index in [0.717, 1.165) is 39.0 Å². The molecule has 2 N–H and O–H groups in total. The first kappa shape index (κ1) is 21.3. The second kappa shape index (κ2) is 9.28. The van der Waals surface area contributed by atoms with Crippen molar-refractivity contribution < 1.29 is 19.1 Å². The molecule has 0 spiro atoms. The third kappa shape index (κ3) is 4.47. The molecule has 0 bridgehead atoms. The Hall–Kier alpha value is -1.99. The Bertz CT molecular complexity index is 688. The summed E-state index contributed by atoms with van der Waals surface area (Å²) < 4.78 is 10.7. The normalized spacial score (nSPS) is 17.5. The van der Waals surface area contributed by atoms with Gasteiger partial charge in [0.2, 0.25) is 5.91 Å². The van der Waals surface area contributed by atoms with Crippen molar-refractivity contribution in [3.8, 4) is 11.5 Å². The number of rotatable bonds is 6. The Kier molecular flexibility index (Phi) is 7.33. The lowest BCUT2D eigenvalue weighted by Crippen LogP contribution is -2.48. The predicted molar refractivity (Wildman–Crippen MR) is 106 cm³/mol. The maximum absolute atomic E-state index is 13.0. The third-order valence-corrected chi connectivity index (χ3v) is 5.34. The fourth-order valence-electron chi connectivity index (χ4n) is 3.38. The summed E-state index contributed by atoms with van der Waals surface area (Å²) in [7, 11) is 3.07. The zero-order valence-corrected chi connectivity index (χ0v) is 16.9. The van der Waals surface area contributed by atoms with Gasteiger partial charge in [0, 0.05) is 25.1 Å². The van der Waals surface area contributed by atoms with Crippen LogP contribution < -0.4 is 20.1 Å². The average Bonchev–Trinajstić information content (AvgIpc) is 3.13. The van der Waals surface area contributed by atoms with Crippen LogP contribution in [0.4, 0.5) is 5.69 Å². The Morgan fingerprint density at radius 3 is 2.26 bits per heavy atom. The Morgan fingerprint density at radius 2 is 1.74 bits per heavy atom. The molecule has 150 valence electrons. The van der Waals surface area contributed by atoms with Crippen LogP contribution in [-0.2, 0) is 4.79 Å². The minimum atomic E-state index is -0.126. The van der Waals surface area contributed by atoms with E-state index in [1.165, 1.54) is 14.2 Å². The maximum Gasteiger partial charge on any atom is 0.256 e. The maximum atomic E-state index is 13.0. The zero-order valence-electron chi connectivity index (χ0n) is 16.0. The molecule has 3 rings (SSSR count). The van der Waals surface area contributed by atoms with Crippen LogP contribution in [-0.4, -0.2) is 57.1 Å². The molecule has 2 fully saturated rings. The van der Waals surface area contributed by atoms with Gasteiger partial charge in [0.05, 0.1) is 25.5 Å². The molecule has 7 nitrogen and oxygen atoms in total. The molecule has 1 aromatic rings. The summed E-state index contributed by atoms with van der Waals surface area (Å²) in [5.41, 5.74) is 0.917. The van der Waals surface area contributed by atoms with Gasteiger partial charge in [-0.25, -0.2) is 0 Å². The van der Waals surface area contributed by atoms with Crippen LogP contribution in [0.15, 0.2) is 12.1 Å². The van der Waals surface area contributed by atoms with Crippen LogP contribution in [0, 0.1) is 11.8 Å². The molecule has 2 amide bonds. The fraction of sp³-hybridized carbons (Fsp3) is 0.579. The van der Waals surface area contributed by atoms with Crippen molar-refractivity contribution in [2.24, 2.45) is 11.8 Å². The summed E-state index contributed by atoms with van der Waals surface area (Å²) >= 11 is 0. The number of likely N-dealkylation sites (tertiary alicyclic amines) is 1. The number of nitrogens with one attached hydrogen (secondary N) is 2. The molecule has 1 unspecified atom stereocenters. The molecule has 2 aliphatic heterocycles. The molecular weight excluding hydrogens is 370 g/mol. The second-order valence-corrected chi connectivity index (χ2v) is 6.95. The van der Waals surface area contributed by atoms with Gasteiger partial charge in [-0.2, -0.15) is 0 Å². The van der Waals surface area contributed by atoms with Crippen molar-refractivity contribution in [2.45, 2.75) is 19.8 Å². The van der Waals surface area contributed by atoms with Crippen LogP contribution in [0.5, 0.6) is 11.5 Å². The highest BCUT2D eigenvalue weighted by atomic mass is 35.5. The number of methoxy groups -OCH3 is 2. The van der Waals surface area contributed by atoms with E-state index in [-0.39, 0.29) is 30.1 Å². The molecule has 1 aromatic carbocycles. The summed E-state index contributed by atoms with van der Waals surface area (Å²) in [6.07, 6.45) is 2.01. The number of halogens is 1. The van der Waals surface area contributed by atoms with Gasteiger partial charge in [-0.15, -0.1) is 12.4 Å². The van der Waals surface area contributed by atoms with E-state index in [2.05, 4.69) is 10.6 Å². The standard InChI is InChI=1S/C19H27N3O4.ClH/c1-12(13-10-20-11-13)18(23)21-15-9-17(26-3)16(25-2)8-14(15)19(24)22-6-4-5-7-22;/h8-9,12-13,20H,4-7,10-11H2,1-3H3,(H,21,23);1H. The van der Waals surface area contributed by atoms with E-state index in [0.29, 0.717) is 28.7 Å². The third-order valence-electron chi connectivity index (χ3n) is 5.34. The lowest BCUT2D eigenvalue weighted by atomic mass is 9.88. The van der Waals surface area contributed by atoms with E-state index in [9.17, 15) is 9.59 Å². The number of hydrogen-bond acceptors (Lipinski definition) is 5. The predicted octanol–water partition coefficient (Wildman–Crippen LogP) is 2.16. The van der Waals surface area contributed by atoms with Gasteiger partial charge < -0.3 is 25.0 Å². The van der Waals surface area contributed by atoms with E-state index < -0.39 is 0 Å². The average molecular weight is 398 g/mol. The lowest BCUT2D eigenvalue weighted by molar-refractivity contribution is -0.121. The first-order valence-corrected chi connectivity index (χ1v) is 9.12. The minimum absolute atomic E-state index is 0. The summed E-state index contributed by atoms with van der Waals surface area (Å²) in [6, 6.07) is 3.33. The number of amides is 2. The Balaban J connectivity index is 0.00000261. The highest BCUT2D eigenvalue weighted by Crippen LogP contribution is 2.35. The highest BCUT2D eigenvalue weighted by molar-refractivity contribution is 6.05. The summed E-state index contributed by atoms with van der Waals surface area (Å²) in [6.45, 7) is 5.10. The summed E-state index contributed by atoms with van der Waals surface area (Å²) in [5, 5.41) is 6.12. The smallest absolute Gasteiger partial charge is 0.256 e. The van der Waals surface area contributed by atoms with Crippen molar-refractivity contribution in [2.75, 3.05) is 45.7 Å². The monoisotopic (exact) mass is 397 g/mol. The van der Waals surface area contributed by atoms with Gasteiger partial charge in [0.1, 0.15) is 0 Å². The van der Waals surface area contributed by atoms with Crippen LogP contribution in [0.25, 0.3) is 0 Å². The molecule has 0 aliphatic carbocycles. The number of hydrogen-bond donors (Lipinski definition) is 2. The van der Waals surface area contributed by atoms with Crippen molar-refractivity contribution >= 4 is 29.9 Å². The van der Waals surface area contributed by atoms with Gasteiger partial charge in [-0.3, -0.25) is 9.59 Å². The molecule has 27 heavy (non-hydrogen) atoms. The lowest BCUT2D eigenvalue weighted by Gasteiger charge is -2.32. The van der Waals surface area contributed by atoms with E-state index in [1.807, 2.05) is 11.8 Å². The van der Waals surface area contributed by atoms with Crippen LogP contribution >= 0.6 is 12.4 Å². The topological polar surface area (TPSA) is 79.9 Å². The molecule has 0 aromatic heterocycles. The van der Waals surface area contributed by atoms with Crippen molar-refractivity contribution in [1.29, 1.82) is 0 Å². The number of nitrogens with zero attached hydrogens (tertiary/aromatic N) is 1. The summed E-state index contributed by atoms with van der Waals surface area (Å²) in [5.74, 6) is 0.992. The molecule has 2 heterocycles. The minimum Gasteiger partial charge on any atom is -0.493 e. The van der Waals surface area contributed by atoms with Crippen molar-refractivity contribution in [3.63, 3.8) is 0 Å². The molecule has 0 radical (unpaired) electrons. The Morgan fingerprint density at radius 1 is 1.15 bits per heavy atom. The van der Waals surface area contributed by atoms with Crippen LogP contribution in [0.3, 0.4) is 0 Å². The van der Waals surface area contributed by atoms with Gasteiger partial charge in [-0.05, 0) is 37.9 Å². The van der Waals surface area contributed by atoms with E-state index >= 15 is 0 Å². The van der Waals surface area contributed by atoms with Crippen LogP contribution in [0.1, 0.15) is 30.1 Å². The molecule has 8 heteroatoms. The number of ether oxygens (including phenoxy) is 2. The molecule has 2 saturated heterocycles. The van der Waals surface area contributed by atoms with Gasteiger partial charge >= 0.3 is 0 Å². The van der Waals surface area contributed by atoms with E-state index in [1.54, 1.807) is 12.1 Å². The summed E-state index contributed by atoms with van der Waals surface area (Å²) in [4.78, 5) is 27.4. The number of benzene rings is 1.